The highest BCUT2D eigenvalue weighted by Crippen LogP contribution is 2.29. The van der Waals surface area contributed by atoms with E-state index in [1.54, 1.807) is 6.33 Å². The van der Waals surface area contributed by atoms with E-state index in [0.717, 1.165) is 49.6 Å². The summed E-state index contributed by atoms with van der Waals surface area (Å²) in [6, 6.07) is 8.70. The molecule has 1 aliphatic rings. The van der Waals surface area contributed by atoms with Crippen LogP contribution in [0.15, 0.2) is 55.4 Å². The van der Waals surface area contributed by atoms with Crippen LogP contribution in [0.4, 0.5) is 0 Å². The number of fused-ring (bicyclic) bond motifs is 1. The minimum atomic E-state index is 0.472. The lowest BCUT2D eigenvalue weighted by Gasteiger charge is -2.31. The molecular formula is C22H24N6. The summed E-state index contributed by atoms with van der Waals surface area (Å²) in [7, 11) is 1.99. The standard InChI is InChI=1S/C22H24N6/c1-27-15-24-13-22(27)21-12-23-11-20(26-21)16-6-9-28(10-7-16)14-17-3-2-4-19-18(17)5-8-25-19/h2-5,8,11-13,15-16,25H,6-7,9-10,14H2,1H3. The normalized spacial score (nSPS) is 16.0. The first-order chi connectivity index (χ1) is 13.8. The zero-order chi connectivity index (χ0) is 18.9. The molecule has 1 fully saturated rings. The van der Waals surface area contributed by atoms with Crippen molar-refractivity contribution in [2.75, 3.05) is 13.1 Å². The fourth-order valence-corrected chi connectivity index (χ4v) is 4.22. The van der Waals surface area contributed by atoms with Gasteiger partial charge in [-0.3, -0.25) is 9.88 Å². The summed E-state index contributed by atoms with van der Waals surface area (Å²) < 4.78 is 1.98. The molecule has 6 nitrogen and oxygen atoms in total. The summed E-state index contributed by atoms with van der Waals surface area (Å²) in [5.74, 6) is 0.472. The number of H-pyrrole nitrogens is 1. The van der Waals surface area contributed by atoms with Gasteiger partial charge in [-0.1, -0.05) is 12.1 Å². The van der Waals surface area contributed by atoms with E-state index in [1.165, 1.54) is 16.5 Å². The lowest BCUT2D eigenvalue weighted by molar-refractivity contribution is 0.204. The summed E-state index contributed by atoms with van der Waals surface area (Å²) in [5.41, 5.74) is 5.63. The summed E-state index contributed by atoms with van der Waals surface area (Å²) in [5, 5.41) is 1.33. The zero-order valence-corrected chi connectivity index (χ0v) is 16.0. The molecule has 0 radical (unpaired) electrons. The molecule has 6 heteroatoms. The van der Waals surface area contributed by atoms with E-state index in [4.69, 9.17) is 4.98 Å². The predicted molar refractivity (Wildman–Crippen MR) is 110 cm³/mol. The van der Waals surface area contributed by atoms with Crippen molar-refractivity contribution >= 4 is 10.9 Å². The number of nitrogens with zero attached hydrogens (tertiary/aromatic N) is 5. The van der Waals surface area contributed by atoms with Crippen LogP contribution in [0.3, 0.4) is 0 Å². The molecule has 4 heterocycles. The number of nitrogens with one attached hydrogen (secondary N) is 1. The Hall–Kier alpha value is -2.99. The molecule has 0 spiro atoms. The predicted octanol–water partition coefficient (Wildman–Crippen LogP) is 3.74. The number of imidazole rings is 1. The Morgan fingerprint density at radius 2 is 1.96 bits per heavy atom. The summed E-state index contributed by atoms with van der Waals surface area (Å²) in [4.78, 5) is 19.4. The Labute approximate surface area is 164 Å². The van der Waals surface area contributed by atoms with Crippen molar-refractivity contribution in [3.05, 3.63) is 66.6 Å². The van der Waals surface area contributed by atoms with Gasteiger partial charge in [0.25, 0.3) is 0 Å². The Morgan fingerprint density at radius 3 is 2.79 bits per heavy atom. The molecule has 0 bridgehead atoms. The number of aromatic nitrogens is 5. The summed E-state index contributed by atoms with van der Waals surface area (Å²) >= 11 is 0. The third-order valence-electron chi connectivity index (χ3n) is 5.82. The van der Waals surface area contributed by atoms with Crippen LogP contribution in [0.25, 0.3) is 22.3 Å². The molecule has 4 aromatic rings. The molecule has 0 saturated carbocycles. The van der Waals surface area contributed by atoms with Crippen LogP contribution < -0.4 is 0 Å². The van der Waals surface area contributed by atoms with Gasteiger partial charge in [-0.15, -0.1) is 0 Å². The number of hydrogen-bond donors (Lipinski definition) is 1. The first kappa shape index (κ1) is 17.1. The fraction of sp³-hybridized carbons (Fsp3) is 0.318. The highest BCUT2D eigenvalue weighted by Gasteiger charge is 2.23. The molecule has 1 aliphatic heterocycles. The Kier molecular flexibility index (Phi) is 4.41. The van der Waals surface area contributed by atoms with E-state index in [2.05, 4.69) is 44.1 Å². The van der Waals surface area contributed by atoms with Crippen LogP contribution in [0.5, 0.6) is 0 Å². The third kappa shape index (κ3) is 3.20. The number of rotatable bonds is 4. The van der Waals surface area contributed by atoms with Crippen molar-refractivity contribution in [3.8, 4) is 11.4 Å². The van der Waals surface area contributed by atoms with E-state index in [9.17, 15) is 0 Å². The van der Waals surface area contributed by atoms with E-state index in [0.29, 0.717) is 5.92 Å². The van der Waals surface area contributed by atoms with Gasteiger partial charge in [-0.25, -0.2) is 9.97 Å². The average molecular weight is 372 g/mol. The second kappa shape index (κ2) is 7.20. The molecule has 28 heavy (non-hydrogen) atoms. The van der Waals surface area contributed by atoms with Gasteiger partial charge < -0.3 is 9.55 Å². The Bertz CT molecular complexity index is 1090. The molecule has 1 N–H and O–H groups in total. The van der Waals surface area contributed by atoms with Crippen molar-refractivity contribution in [1.29, 1.82) is 0 Å². The van der Waals surface area contributed by atoms with Crippen LogP contribution in [0, 0.1) is 0 Å². The zero-order valence-electron chi connectivity index (χ0n) is 16.0. The molecule has 0 amide bonds. The topological polar surface area (TPSA) is 62.6 Å². The lowest BCUT2D eigenvalue weighted by atomic mass is 9.93. The number of hydrogen-bond acceptors (Lipinski definition) is 4. The summed E-state index contributed by atoms with van der Waals surface area (Å²) in [6.45, 7) is 3.18. The van der Waals surface area contributed by atoms with Gasteiger partial charge in [0.15, 0.2) is 0 Å². The fourth-order valence-electron chi connectivity index (χ4n) is 4.22. The van der Waals surface area contributed by atoms with Crippen molar-refractivity contribution in [2.45, 2.75) is 25.3 Å². The van der Waals surface area contributed by atoms with Crippen LogP contribution in [-0.4, -0.2) is 42.5 Å². The van der Waals surface area contributed by atoms with Crippen LogP contribution in [-0.2, 0) is 13.6 Å². The van der Waals surface area contributed by atoms with Gasteiger partial charge in [0.1, 0.15) is 5.69 Å². The molecule has 0 aliphatic carbocycles. The van der Waals surface area contributed by atoms with E-state index in [1.807, 2.05) is 36.4 Å². The van der Waals surface area contributed by atoms with Gasteiger partial charge in [-0.05, 0) is 43.6 Å². The SMILES string of the molecule is Cn1cncc1-c1cncc(C2CCN(Cc3cccc4[nH]ccc34)CC2)n1. The maximum Gasteiger partial charge on any atom is 0.107 e. The molecule has 0 unspecified atom stereocenters. The van der Waals surface area contributed by atoms with Crippen molar-refractivity contribution in [2.24, 2.45) is 7.05 Å². The first-order valence-corrected chi connectivity index (χ1v) is 9.84. The molecule has 142 valence electrons. The average Bonchev–Trinajstić information content (AvgIpc) is 3.38. The Morgan fingerprint density at radius 1 is 1.07 bits per heavy atom. The monoisotopic (exact) mass is 372 g/mol. The summed E-state index contributed by atoms with van der Waals surface area (Å²) in [6.07, 6.45) is 11.7. The van der Waals surface area contributed by atoms with Gasteiger partial charge >= 0.3 is 0 Å². The lowest BCUT2D eigenvalue weighted by Crippen LogP contribution is -2.32. The van der Waals surface area contributed by atoms with Crippen LogP contribution in [0.1, 0.15) is 30.0 Å². The van der Waals surface area contributed by atoms with E-state index in [-0.39, 0.29) is 0 Å². The quantitative estimate of drug-likeness (QED) is 0.593. The number of aromatic amines is 1. The highest BCUT2D eigenvalue weighted by atomic mass is 15.1. The van der Waals surface area contributed by atoms with Gasteiger partial charge in [-0.2, -0.15) is 0 Å². The molecule has 0 atom stereocenters. The molecular weight excluding hydrogens is 348 g/mol. The van der Waals surface area contributed by atoms with Gasteiger partial charge in [0.2, 0.25) is 0 Å². The molecule has 5 rings (SSSR count). The van der Waals surface area contributed by atoms with Crippen molar-refractivity contribution < 1.29 is 0 Å². The third-order valence-corrected chi connectivity index (χ3v) is 5.82. The van der Waals surface area contributed by atoms with Crippen molar-refractivity contribution in [1.82, 2.24) is 29.4 Å². The maximum atomic E-state index is 4.90. The van der Waals surface area contributed by atoms with E-state index < -0.39 is 0 Å². The van der Waals surface area contributed by atoms with Crippen LogP contribution >= 0.6 is 0 Å². The second-order valence-corrected chi connectivity index (χ2v) is 7.63. The minimum absolute atomic E-state index is 0.472. The van der Waals surface area contributed by atoms with Gasteiger partial charge in [0, 0.05) is 42.8 Å². The number of piperidine rings is 1. The second-order valence-electron chi connectivity index (χ2n) is 7.63. The largest absolute Gasteiger partial charge is 0.361 e. The first-order valence-electron chi connectivity index (χ1n) is 9.84. The maximum absolute atomic E-state index is 4.90. The van der Waals surface area contributed by atoms with Gasteiger partial charge in [0.05, 0.1) is 30.1 Å². The van der Waals surface area contributed by atoms with E-state index >= 15 is 0 Å². The molecule has 1 aromatic carbocycles. The molecule has 3 aromatic heterocycles. The van der Waals surface area contributed by atoms with Crippen molar-refractivity contribution in [3.63, 3.8) is 0 Å². The number of aryl methyl sites for hydroxylation is 1. The van der Waals surface area contributed by atoms with Crippen LogP contribution in [0.2, 0.25) is 0 Å². The number of likely N-dealkylation sites (tertiary alicyclic amines) is 1. The minimum Gasteiger partial charge on any atom is -0.361 e. The highest BCUT2D eigenvalue weighted by molar-refractivity contribution is 5.82. The Balaban J connectivity index is 1.27. The smallest absolute Gasteiger partial charge is 0.107 e. The number of benzene rings is 1. The molecule has 1 saturated heterocycles.